The van der Waals surface area contributed by atoms with Crippen molar-refractivity contribution in [3.05, 3.63) is 29.8 Å². The largest absolute Gasteiger partial charge is 0.508 e. The summed E-state index contributed by atoms with van der Waals surface area (Å²) < 4.78 is 0. The second-order valence-corrected chi connectivity index (χ2v) is 5.72. The summed E-state index contributed by atoms with van der Waals surface area (Å²) >= 11 is 0. The van der Waals surface area contributed by atoms with Crippen LogP contribution in [-0.4, -0.2) is 22.8 Å². The van der Waals surface area contributed by atoms with Crippen molar-refractivity contribution in [3.63, 3.8) is 0 Å². The molecule has 4 nitrogen and oxygen atoms in total. The summed E-state index contributed by atoms with van der Waals surface area (Å²) in [7, 11) is 0. The normalized spacial score (nSPS) is 15.0. The Labute approximate surface area is 126 Å². The van der Waals surface area contributed by atoms with Crippen LogP contribution < -0.4 is 5.32 Å². The number of hydrogen-bond donors (Lipinski definition) is 2. The molecule has 21 heavy (non-hydrogen) atoms. The van der Waals surface area contributed by atoms with Crippen molar-refractivity contribution in [2.24, 2.45) is 11.8 Å². The van der Waals surface area contributed by atoms with E-state index in [0.717, 1.165) is 12.0 Å². The maximum atomic E-state index is 12.2. The van der Waals surface area contributed by atoms with E-state index in [1.807, 2.05) is 20.8 Å². The van der Waals surface area contributed by atoms with Gasteiger partial charge in [-0.3, -0.25) is 9.59 Å². The van der Waals surface area contributed by atoms with Gasteiger partial charge in [0, 0.05) is 5.92 Å². The third-order valence-corrected chi connectivity index (χ3v) is 4.09. The molecule has 0 saturated heterocycles. The van der Waals surface area contributed by atoms with E-state index in [1.165, 1.54) is 6.92 Å². The lowest BCUT2D eigenvalue weighted by molar-refractivity contribution is -0.130. The summed E-state index contributed by atoms with van der Waals surface area (Å²) in [5.41, 5.74) is 0.907. The predicted molar refractivity (Wildman–Crippen MR) is 83.0 cm³/mol. The quantitative estimate of drug-likeness (QED) is 0.811. The Balaban J connectivity index is 2.72. The Bertz CT molecular complexity index is 481. The summed E-state index contributed by atoms with van der Waals surface area (Å²) in [5, 5.41) is 12.1. The van der Waals surface area contributed by atoms with Crippen LogP contribution in [0.5, 0.6) is 5.75 Å². The zero-order valence-electron chi connectivity index (χ0n) is 13.2. The number of carbonyl (C=O) groups excluding carboxylic acids is 2. The zero-order chi connectivity index (χ0) is 16.0. The van der Waals surface area contributed by atoms with Crippen LogP contribution >= 0.6 is 0 Å². The number of nitrogens with one attached hydrogen (secondary N) is 1. The van der Waals surface area contributed by atoms with Crippen molar-refractivity contribution in [1.82, 2.24) is 5.32 Å². The maximum Gasteiger partial charge on any atom is 0.223 e. The number of benzene rings is 1. The van der Waals surface area contributed by atoms with Crippen LogP contribution in [0.3, 0.4) is 0 Å². The van der Waals surface area contributed by atoms with Crippen molar-refractivity contribution in [3.8, 4) is 5.75 Å². The van der Waals surface area contributed by atoms with Crippen molar-refractivity contribution in [1.29, 1.82) is 0 Å². The van der Waals surface area contributed by atoms with E-state index in [1.54, 1.807) is 24.3 Å². The number of phenols is 1. The van der Waals surface area contributed by atoms with Gasteiger partial charge in [0.25, 0.3) is 0 Å². The molecule has 0 fully saturated rings. The van der Waals surface area contributed by atoms with Gasteiger partial charge in [0.2, 0.25) is 5.91 Å². The van der Waals surface area contributed by atoms with E-state index in [2.05, 4.69) is 5.32 Å². The Hall–Kier alpha value is -1.84. The first-order chi connectivity index (χ1) is 9.85. The van der Waals surface area contributed by atoms with Gasteiger partial charge in [0.05, 0.1) is 6.04 Å². The molecule has 0 heterocycles. The van der Waals surface area contributed by atoms with Gasteiger partial charge in [-0.1, -0.05) is 39.3 Å². The zero-order valence-corrected chi connectivity index (χ0v) is 13.2. The van der Waals surface area contributed by atoms with Gasteiger partial charge in [0.15, 0.2) is 5.78 Å². The van der Waals surface area contributed by atoms with Gasteiger partial charge in [-0.2, -0.15) is 0 Å². The molecule has 1 amide bonds. The van der Waals surface area contributed by atoms with Crippen LogP contribution in [-0.2, 0) is 16.0 Å². The lowest BCUT2D eigenvalue weighted by Gasteiger charge is -2.22. The molecular weight excluding hydrogens is 266 g/mol. The Morgan fingerprint density at radius 1 is 1.19 bits per heavy atom. The van der Waals surface area contributed by atoms with Crippen LogP contribution in [0, 0.1) is 11.8 Å². The van der Waals surface area contributed by atoms with E-state index in [9.17, 15) is 14.7 Å². The van der Waals surface area contributed by atoms with Gasteiger partial charge in [-0.15, -0.1) is 0 Å². The molecule has 4 heteroatoms. The molecule has 1 aromatic carbocycles. The number of hydrogen-bond acceptors (Lipinski definition) is 3. The van der Waals surface area contributed by atoms with Crippen LogP contribution in [0.4, 0.5) is 0 Å². The van der Waals surface area contributed by atoms with Crippen LogP contribution in [0.25, 0.3) is 0 Å². The van der Waals surface area contributed by atoms with Crippen LogP contribution in [0.1, 0.15) is 39.7 Å². The summed E-state index contributed by atoms with van der Waals surface area (Å²) in [6, 6.07) is 6.16. The Morgan fingerprint density at radius 2 is 1.76 bits per heavy atom. The highest BCUT2D eigenvalue weighted by Gasteiger charge is 2.23. The molecule has 0 bridgehead atoms. The smallest absolute Gasteiger partial charge is 0.223 e. The molecule has 116 valence electrons. The number of carbonyl (C=O) groups is 2. The number of aromatic hydroxyl groups is 1. The lowest BCUT2D eigenvalue weighted by Crippen LogP contribution is -2.44. The summed E-state index contributed by atoms with van der Waals surface area (Å²) in [6.45, 7) is 7.46. The topological polar surface area (TPSA) is 66.4 Å². The molecule has 0 radical (unpaired) electrons. The number of amides is 1. The molecule has 2 N–H and O–H groups in total. The number of Topliss-reactive ketones (excluding diaryl/α,β-unsaturated/α-hetero) is 1. The first-order valence-electron chi connectivity index (χ1n) is 7.43. The minimum absolute atomic E-state index is 0.0622. The fourth-order valence-electron chi connectivity index (χ4n) is 2.08. The van der Waals surface area contributed by atoms with E-state index in [0.29, 0.717) is 6.42 Å². The highest BCUT2D eigenvalue weighted by molar-refractivity contribution is 5.88. The maximum absolute atomic E-state index is 12.2. The van der Waals surface area contributed by atoms with Gasteiger partial charge < -0.3 is 10.4 Å². The average Bonchev–Trinajstić information content (AvgIpc) is 2.46. The number of phenolic OH excluding ortho intramolecular Hbond substituents is 1. The Morgan fingerprint density at radius 3 is 2.24 bits per heavy atom. The van der Waals surface area contributed by atoms with E-state index >= 15 is 0 Å². The third kappa shape index (κ3) is 5.21. The summed E-state index contributed by atoms with van der Waals surface area (Å²) in [4.78, 5) is 23.9. The minimum Gasteiger partial charge on any atom is -0.508 e. The SMILES string of the molecule is CCC(C)C(C)C(=O)NC(Cc1ccc(O)cc1)C(C)=O. The van der Waals surface area contributed by atoms with E-state index < -0.39 is 6.04 Å². The fraction of sp³-hybridized carbons (Fsp3) is 0.529. The second kappa shape index (κ2) is 7.81. The molecule has 0 spiro atoms. The average molecular weight is 291 g/mol. The fourth-order valence-corrected chi connectivity index (χ4v) is 2.08. The molecular formula is C17H25NO3. The summed E-state index contributed by atoms with van der Waals surface area (Å²) in [6.07, 6.45) is 1.37. The van der Waals surface area contributed by atoms with Crippen molar-refractivity contribution in [2.45, 2.75) is 46.6 Å². The van der Waals surface area contributed by atoms with Gasteiger partial charge in [-0.25, -0.2) is 0 Å². The standard InChI is InChI=1S/C17H25NO3/c1-5-11(2)12(3)17(21)18-16(13(4)19)10-14-6-8-15(20)9-7-14/h6-9,11-12,16,20H,5,10H2,1-4H3,(H,18,21). The number of ketones is 1. The predicted octanol–water partition coefficient (Wildman–Crippen LogP) is 2.69. The molecule has 1 rings (SSSR count). The van der Waals surface area contributed by atoms with E-state index in [-0.39, 0.29) is 29.3 Å². The van der Waals surface area contributed by atoms with Gasteiger partial charge in [-0.05, 0) is 37.0 Å². The monoisotopic (exact) mass is 291 g/mol. The van der Waals surface area contributed by atoms with Crippen LogP contribution in [0.2, 0.25) is 0 Å². The van der Waals surface area contributed by atoms with Gasteiger partial charge >= 0.3 is 0 Å². The molecule has 0 aromatic heterocycles. The minimum atomic E-state index is -0.520. The first kappa shape index (κ1) is 17.2. The molecule has 1 aromatic rings. The molecule has 0 aliphatic heterocycles. The van der Waals surface area contributed by atoms with Crippen LogP contribution in [0.15, 0.2) is 24.3 Å². The van der Waals surface area contributed by atoms with Crippen molar-refractivity contribution < 1.29 is 14.7 Å². The van der Waals surface area contributed by atoms with E-state index in [4.69, 9.17) is 0 Å². The van der Waals surface area contributed by atoms with Gasteiger partial charge in [0.1, 0.15) is 5.75 Å². The third-order valence-electron chi connectivity index (χ3n) is 4.09. The lowest BCUT2D eigenvalue weighted by atomic mass is 9.92. The molecule has 0 aliphatic carbocycles. The summed E-state index contributed by atoms with van der Waals surface area (Å²) in [5.74, 6) is 0.214. The Kier molecular flexibility index (Phi) is 6.40. The molecule has 3 unspecified atom stereocenters. The molecule has 0 saturated carbocycles. The van der Waals surface area contributed by atoms with Crippen molar-refractivity contribution in [2.75, 3.05) is 0 Å². The van der Waals surface area contributed by atoms with Crippen molar-refractivity contribution >= 4 is 11.7 Å². The highest BCUT2D eigenvalue weighted by Crippen LogP contribution is 2.16. The first-order valence-corrected chi connectivity index (χ1v) is 7.43. The second-order valence-electron chi connectivity index (χ2n) is 5.72. The number of rotatable bonds is 7. The molecule has 3 atom stereocenters. The highest BCUT2D eigenvalue weighted by atomic mass is 16.3. The molecule has 0 aliphatic rings.